The largest absolute Gasteiger partial charge is 0.327 e. The summed E-state index contributed by atoms with van der Waals surface area (Å²) >= 11 is 7.09. The molecular formula is C13H14BrNS2. The lowest BCUT2D eigenvalue weighted by Crippen LogP contribution is -2.21. The van der Waals surface area contributed by atoms with Crippen LogP contribution >= 0.6 is 39.0 Å². The second-order valence-electron chi connectivity index (χ2n) is 3.85. The van der Waals surface area contributed by atoms with Gasteiger partial charge in [-0.15, -0.1) is 23.1 Å². The van der Waals surface area contributed by atoms with Crippen LogP contribution in [-0.2, 0) is 0 Å². The van der Waals surface area contributed by atoms with Crippen LogP contribution in [0.3, 0.4) is 0 Å². The summed E-state index contributed by atoms with van der Waals surface area (Å²) in [5, 5.41) is 0.314. The van der Waals surface area contributed by atoms with Gasteiger partial charge in [-0.3, -0.25) is 0 Å². The Hall–Kier alpha value is -0.290. The highest BCUT2D eigenvalue weighted by Crippen LogP contribution is 2.41. The fourth-order valence-electron chi connectivity index (χ4n) is 1.55. The van der Waals surface area contributed by atoms with Gasteiger partial charge in [0.15, 0.2) is 0 Å². The quantitative estimate of drug-likeness (QED) is 0.824. The minimum atomic E-state index is 0.130. The fraction of sp³-hybridized carbons (Fsp3) is 0.231. The summed E-state index contributed by atoms with van der Waals surface area (Å²) in [7, 11) is 0. The van der Waals surface area contributed by atoms with Crippen LogP contribution in [0.5, 0.6) is 0 Å². The molecule has 0 saturated heterocycles. The molecule has 0 aliphatic carbocycles. The molecule has 0 radical (unpaired) electrons. The van der Waals surface area contributed by atoms with E-state index < -0.39 is 0 Å². The van der Waals surface area contributed by atoms with E-state index in [0.29, 0.717) is 5.25 Å². The van der Waals surface area contributed by atoms with Crippen LogP contribution in [0.4, 0.5) is 0 Å². The summed E-state index contributed by atoms with van der Waals surface area (Å²) in [5.41, 5.74) is 6.10. The minimum absolute atomic E-state index is 0.130. The van der Waals surface area contributed by atoms with Gasteiger partial charge in [0.25, 0.3) is 0 Å². The third kappa shape index (κ3) is 3.58. The van der Waals surface area contributed by atoms with Crippen LogP contribution in [0.15, 0.2) is 51.1 Å². The predicted molar refractivity (Wildman–Crippen MR) is 80.7 cm³/mol. The average Bonchev–Trinajstić information content (AvgIpc) is 2.73. The maximum absolute atomic E-state index is 6.10. The van der Waals surface area contributed by atoms with E-state index >= 15 is 0 Å². The number of rotatable bonds is 4. The van der Waals surface area contributed by atoms with Crippen molar-refractivity contribution in [2.24, 2.45) is 5.73 Å². The van der Waals surface area contributed by atoms with Gasteiger partial charge in [-0.05, 0) is 47.1 Å². The Labute approximate surface area is 119 Å². The summed E-state index contributed by atoms with van der Waals surface area (Å²) in [4.78, 5) is 2.58. The second kappa shape index (κ2) is 6.05. The Kier molecular flexibility index (Phi) is 4.68. The molecule has 0 saturated carbocycles. The molecule has 0 amide bonds. The Morgan fingerprint density at radius 3 is 2.41 bits per heavy atom. The molecule has 0 bridgehead atoms. The van der Waals surface area contributed by atoms with Crippen molar-refractivity contribution < 1.29 is 0 Å². The first-order chi connectivity index (χ1) is 8.16. The number of thioether (sulfide) groups is 1. The van der Waals surface area contributed by atoms with Gasteiger partial charge in [-0.2, -0.15) is 0 Å². The highest BCUT2D eigenvalue weighted by molar-refractivity contribution is 9.11. The molecule has 1 aromatic heterocycles. The van der Waals surface area contributed by atoms with Crippen molar-refractivity contribution in [1.29, 1.82) is 0 Å². The van der Waals surface area contributed by atoms with Crippen molar-refractivity contribution in [2.75, 3.05) is 0 Å². The van der Waals surface area contributed by atoms with Crippen LogP contribution in [0, 0.1) is 0 Å². The van der Waals surface area contributed by atoms with Crippen LogP contribution in [-0.4, -0.2) is 6.04 Å². The Morgan fingerprint density at radius 2 is 1.88 bits per heavy atom. The second-order valence-corrected chi connectivity index (χ2v) is 7.56. The van der Waals surface area contributed by atoms with Crippen molar-refractivity contribution >= 4 is 39.0 Å². The molecule has 0 aliphatic rings. The lowest BCUT2D eigenvalue weighted by molar-refractivity contribution is 0.730. The van der Waals surface area contributed by atoms with Gasteiger partial charge in [0.05, 0.1) is 9.04 Å². The van der Waals surface area contributed by atoms with E-state index in [9.17, 15) is 0 Å². The third-order valence-electron chi connectivity index (χ3n) is 2.36. The maximum atomic E-state index is 6.10. The first-order valence-corrected chi connectivity index (χ1v) is 7.88. The number of nitrogens with two attached hydrogens (primary N) is 1. The monoisotopic (exact) mass is 327 g/mol. The lowest BCUT2D eigenvalue weighted by atomic mass is 10.2. The van der Waals surface area contributed by atoms with E-state index in [-0.39, 0.29) is 6.04 Å². The van der Waals surface area contributed by atoms with E-state index in [1.807, 2.05) is 17.8 Å². The van der Waals surface area contributed by atoms with E-state index in [1.165, 1.54) is 9.77 Å². The predicted octanol–water partition coefficient (Wildman–Crippen LogP) is 4.69. The molecule has 0 spiro atoms. The van der Waals surface area contributed by atoms with E-state index in [1.54, 1.807) is 11.3 Å². The normalized spacial score (nSPS) is 14.5. The zero-order chi connectivity index (χ0) is 12.3. The topological polar surface area (TPSA) is 26.0 Å². The molecule has 0 fully saturated rings. The molecule has 90 valence electrons. The standard InChI is InChI=1S/C13H14BrNS2/c1-9(15)13(11-7-8-12(14)17-11)16-10-5-3-2-4-6-10/h2-9,13H,15H2,1H3. The molecule has 2 N–H and O–H groups in total. The van der Waals surface area contributed by atoms with Gasteiger partial charge in [0, 0.05) is 15.8 Å². The molecule has 2 aromatic rings. The van der Waals surface area contributed by atoms with Crippen molar-refractivity contribution in [1.82, 2.24) is 0 Å². The average molecular weight is 328 g/mol. The van der Waals surface area contributed by atoms with Crippen LogP contribution in [0.2, 0.25) is 0 Å². The molecular weight excluding hydrogens is 314 g/mol. The lowest BCUT2D eigenvalue weighted by Gasteiger charge is -2.18. The van der Waals surface area contributed by atoms with Crippen molar-refractivity contribution in [2.45, 2.75) is 23.1 Å². The Bertz CT molecular complexity index is 467. The van der Waals surface area contributed by atoms with E-state index in [4.69, 9.17) is 5.73 Å². The van der Waals surface area contributed by atoms with Gasteiger partial charge >= 0.3 is 0 Å². The number of benzene rings is 1. The molecule has 1 nitrogen and oxygen atoms in total. The molecule has 1 heterocycles. The van der Waals surface area contributed by atoms with Gasteiger partial charge in [-0.1, -0.05) is 18.2 Å². The fourth-order valence-corrected chi connectivity index (χ4v) is 4.38. The summed E-state index contributed by atoms with van der Waals surface area (Å²) in [5.74, 6) is 0. The first-order valence-electron chi connectivity index (χ1n) is 5.39. The highest BCUT2D eigenvalue weighted by atomic mass is 79.9. The van der Waals surface area contributed by atoms with Gasteiger partial charge in [0.2, 0.25) is 0 Å². The zero-order valence-corrected chi connectivity index (χ0v) is 12.7. The van der Waals surface area contributed by atoms with E-state index in [2.05, 4.69) is 59.3 Å². The Morgan fingerprint density at radius 1 is 1.18 bits per heavy atom. The first kappa shape index (κ1) is 13.1. The van der Waals surface area contributed by atoms with Gasteiger partial charge < -0.3 is 5.73 Å². The molecule has 2 atom stereocenters. The molecule has 0 aliphatic heterocycles. The smallest absolute Gasteiger partial charge is 0.0701 e. The zero-order valence-electron chi connectivity index (χ0n) is 9.47. The van der Waals surface area contributed by atoms with Crippen LogP contribution in [0.1, 0.15) is 17.1 Å². The van der Waals surface area contributed by atoms with Crippen LogP contribution < -0.4 is 5.73 Å². The highest BCUT2D eigenvalue weighted by Gasteiger charge is 2.19. The van der Waals surface area contributed by atoms with Crippen molar-refractivity contribution in [3.63, 3.8) is 0 Å². The van der Waals surface area contributed by atoms with Gasteiger partial charge in [0.1, 0.15) is 0 Å². The summed E-state index contributed by atoms with van der Waals surface area (Å²) in [6.07, 6.45) is 0. The SMILES string of the molecule is CC(N)C(Sc1ccccc1)c1ccc(Br)s1. The minimum Gasteiger partial charge on any atom is -0.327 e. The van der Waals surface area contributed by atoms with E-state index in [0.717, 1.165) is 3.79 Å². The maximum Gasteiger partial charge on any atom is 0.0701 e. The molecule has 4 heteroatoms. The summed E-state index contributed by atoms with van der Waals surface area (Å²) in [6.45, 7) is 2.06. The number of thiophene rings is 1. The molecule has 2 rings (SSSR count). The van der Waals surface area contributed by atoms with Crippen molar-refractivity contribution in [3.8, 4) is 0 Å². The number of halogens is 1. The number of hydrogen-bond donors (Lipinski definition) is 1. The number of hydrogen-bond acceptors (Lipinski definition) is 3. The van der Waals surface area contributed by atoms with Crippen molar-refractivity contribution in [3.05, 3.63) is 51.1 Å². The third-order valence-corrected chi connectivity index (χ3v) is 5.70. The van der Waals surface area contributed by atoms with Gasteiger partial charge in [-0.25, -0.2) is 0 Å². The molecule has 1 aromatic carbocycles. The van der Waals surface area contributed by atoms with Crippen LogP contribution in [0.25, 0.3) is 0 Å². The molecule has 17 heavy (non-hydrogen) atoms. The Balaban J connectivity index is 2.19. The molecule has 2 unspecified atom stereocenters. The summed E-state index contributed by atoms with van der Waals surface area (Å²) in [6, 6.07) is 14.8. The summed E-state index contributed by atoms with van der Waals surface area (Å²) < 4.78 is 1.16.